The van der Waals surface area contributed by atoms with Crippen molar-refractivity contribution >= 4 is 5.97 Å². The van der Waals surface area contributed by atoms with Gasteiger partial charge in [-0.3, -0.25) is 4.79 Å². The molecule has 0 fully saturated rings. The first-order valence-corrected chi connectivity index (χ1v) is 8.19. The Morgan fingerprint density at radius 1 is 1.09 bits per heavy atom. The average molecular weight is 304 g/mol. The van der Waals surface area contributed by atoms with Crippen molar-refractivity contribution in [3.63, 3.8) is 0 Å². The van der Waals surface area contributed by atoms with E-state index in [-0.39, 0.29) is 5.97 Å². The molecule has 0 saturated heterocycles. The summed E-state index contributed by atoms with van der Waals surface area (Å²) in [4.78, 5) is 10.9. The highest BCUT2D eigenvalue weighted by Crippen LogP contribution is 2.15. The number of rotatable bonds is 11. The lowest BCUT2D eigenvalue weighted by atomic mass is 10.0. The lowest BCUT2D eigenvalue weighted by Gasteiger charge is -2.08. The van der Waals surface area contributed by atoms with Gasteiger partial charge in [-0.05, 0) is 43.2 Å². The van der Waals surface area contributed by atoms with Crippen molar-refractivity contribution in [1.82, 2.24) is 0 Å². The van der Waals surface area contributed by atoms with Gasteiger partial charge in [-0.15, -0.1) is 0 Å². The fraction of sp³-hybridized carbons (Fsp3) is 0.526. The maximum absolute atomic E-state index is 10.9. The number of ether oxygens (including phenoxy) is 2. The molecule has 122 valence electrons. The van der Waals surface area contributed by atoms with Gasteiger partial charge in [0, 0.05) is 13.5 Å². The lowest BCUT2D eigenvalue weighted by Crippen LogP contribution is -1.97. The number of esters is 1. The molecule has 0 bridgehead atoms. The van der Waals surface area contributed by atoms with Crippen LogP contribution in [0.3, 0.4) is 0 Å². The Hall–Kier alpha value is -1.61. The van der Waals surface area contributed by atoms with Gasteiger partial charge < -0.3 is 9.47 Å². The molecule has 0 atom stereocenters. The highest BCUT2D eigenvalue weighted by Gasteiger charge is 2.00. The highest BCUT2D eigenvalue weighted by atomic mass is 16.5. The van der Waals surface area contributed by atoms with Crippen LogP contribution < -0.4 is 0 Å². The van der Waals surface area contributed by atoms with E-state index in [1.54, 1.807) is 6.26 Å². The van der Waals surface area contributed by atoms with E-state index >= 15 is 0 Å². The molecule has 0 aliphatic carbocycles. The van der Waals surface area contributed by atoms with Gasteiger partial charge in [0.2, 0.25) is 0 Å². The Balaban J connectivity index is 2.16. The molecule has 0 amide bonds. The van der Waals surface area contributed by atoms with E-state index in [0.29, 0.717) is 6.61 Å². The van der Waals surface area contributed by atoms with Crippen LogP contribution in [0.1, 0.15) is 57.9 Å². The highest BCUT2D eigenvalue weighted by molar-refractivity contribution is 5.66. The van der Waals surface area contributed by atoms with Crippen LogP contribution in [0.2, 0.25) is 0 Å². The zero-order valence-electron chi connectivity index (χ0n) is 13.8. The SMILES string of the molecule is CCCC/C(=C/OC(C)=O)CCCCOCc1ccccc1. The number of hydrogen-bond acceptors (Lipinski definition) is 3. The normalized spacial score (nSPS) is 11.5. The summed E-state index contributed by atoms with van der Waals surface area (Å²) >= 11 is 0. The van der Waals surface area contributed by atoms with Gasteiger partial charge in [-0.25, -0.2) is 0 Å². The van der Waals surface area contributed by atoms with E-state index in [2.05, 4.69) is 19.1 Å². The second kappa shape index (κ2) is 12.0. The Bertz CT molecular complexity index is 437. The van der Waals surface area contributed by atoms with E-state index in [1.165, 1.54) is 18.1 Å². The molecule has 1 rings (SSSR count). The van der Waals surface area contributed by atoms with Gasteiger partial charge in [0.15, 0.2) is 0 Å². The summed E-state index contributed by atoms with van der Waals surface area (Å²) in [5.41, 5.74) is 2.43. The van der Waals surface area contributed by atoms with Gasteiger partial charge in [0.05, 0.1) is 12.9 Å². The molecule has 0 radical (unpaired) electrons. The maximum Gasteiger partial charge on any atom is 0.307 e. The largest absolute Gasteiger partial charge is 0.435 e. The minimum atomic E-state index is -0.250. The molecule has 0 spiro atoms. The van der Waals surface area contributed by atoms with Crippen molar-refractivity contribution in [3.05, 3.63) is 47.7 Å². The first-order valence-electron chi connectivity index (χ1n) is 8.19. The van der Waals surface area contributed by atoms with Crippen LogP contribution in [-0.4, -0.2) is 12.6 Å². The second-order valence-corrected chi connectivity index (χ2v) is 5.48. The molecule has 0 aliphatic heterocycles. The molecule has 0 aromatic heterocycles. The molecule has 3 nitrogen and oxygen atoms in total. The van der Waals surface area contributed by atoms with Crippen molar-refractivity contribution in [3.8, 4) is 0 Å². The standard InChI is InChI=1S/C19H28O3/c1-3-4-10-19(16-22-17(2)20)13-8-9-14-21-15-18-11-6-5-7-12-18/h5-7,11-12,16H,3-4,8-10,13-15H2,1-2H3/b19-16-. The monoisotopic (exact) mass is 304 g/mol. The van der Waals surface area contributed by atoms with Crippen LogP contribution in [-0.2, 0) is 20.9 Å². The minimum Gasteiger partial charge on any atom is -0.435 e. The summed E-state index contributed by atoms with van der Waals surface area (Å²) < 4.78 is 10.7. The third-order valence-corrected chi connectivity index (χ3v) is 3.39. The van der Waals surface area contributed by atoms with Crippen molar-refractivity contribution in [1.29, 1.82) is 0 Å². The third-order valence-electron chi connectivity index (χ3n) is 3.39. The zero-order valence-corrected chi connectivity index (χ0v) is 13.8. The maximum atomic E-state index is 10.9. The first-order chi connectivity index (χ1) is 10.7. The van der Waals surface area contributed by atoms with Gasteiger partial charge in [0.25, 0.3) is 0 Å². The first kappa shape index (κ1) is 18.4. The van der Waals surface area contributed by atoms with Gasteiger partial charge in [-0.2, -0.15) is 0 Å². The molecular weight excluding hydrogens is 276 g/mol. The molecule has 1 aromatic carbocycles. The number of unbranched alkanes of at least 4 members (excludes halogenated alkanes) is 2. The molecule has 22 heavy (non-hydrogen) atoms. The lowest BCUT2D eigenvalue weighted by molar-refractivity contribution is -0.135. The molecule has 0 heterocycles. The Morgan fingerprint density at radius 2 is 1.82 bits per heavy atom. The van der Waals surface area contributed by atoms with Crippen LogP contribution in [0, 0.1) is 0 Å². The number of carbonyl (C=O) groups excluding carboxylic acids is 1. The summed E-state index contributed by atoms with van der Waals surface area (Å²) in [6, 6.07) is 10.2. The Morgan fingerprint density at radius 3 is 2.50 bits per heavy atom. The van der Waals surface area contributed by atoms with E-state index < -0.39 is 0 Å². The predicted molar refractivity (Wildman–Crippen MR) is 89.3 cm³/mol. The van der Waals surface area contributed by atoms with Crippen LogP contribution in [0.15, 0.2) is 42.2 Å². The van der Waals surface area contributed by atoms with Gasteiger partial charge >= 0.3 is 5.97 Å². The van der Waals surface area contributed by atoms with Crippen molar-refractivity contribution in [2.24, 2.45) is 0 Å². The summed E-state index contributed by atoms with van der Waals surface area (Å²) in [5.74, 6) is -0.250. The number of hydrogen-bond donors (Lipinski definition) is 0. The summed E-state index contributed by atoms with van der Waals surface area (Å²) in [7, 11) is 0. The molecule has 0 N–H and O–H groups in total. The molecule has 1 aromatic rings. The third kappa shape index (κ3) is 9.35. The van der Waals surface area contributed by atoms with Gasteiger partial charge in [-0.1, -0.05) is 43.7 Å². The minimum absolute atomic E-state index is 0.250. The smallest absolute Gasteiger partial charge is 0.307 e. The quantitative estimate of drug-likeness (QED) is 0.327. The Labute approximate surface area is 134 Å². The predicted octanol–water partition coefficient (Wildman–Crippen LogP) is 5.01. The zero-order chi connectivity index (χ0) is 16.0. The van der Waals surface area contributed by atoms with E-state index in [9.17, 15) is 4.79 Å². The average Bonchev–Trinajstić information content (AvgIpc) is 2.53. The molecule has 0 aliphatic rings. The second-order valence-electron chi connectivity index (χ2n) is 5.48. The van der Waals surface area contributed by atoms with Crippen LogP contribution in [0.5, 0.6) is 0 Å². The summed E-state index contributed by atoms with van der Waals surface area (Å²) in [6.07, 6.45) is 8.00. The van der Waals surface area contributed by atoms with E-state index in [0.717, 1.165) is 45.1 Å². The topological polar surface area (TPSA) is 35.5 Å². The van der Waals surface area contributed by atoms with Crippen LogP contribution >= 0.6 is 0 Å². The fourth-order valence-electron chi connectivity index (χ4n) is 2.13. The molecule has 3 heteroatoms. The van der Waals surface area contributed by atoms with Crippen molar-refractivity contribution in [2.45, 2.75) is 59.0 Å². The van der Waals surface area contributed by atoms with E-state index in [1.807, 2.05) is 18.2 Å². The number of carbonyl (C=O) groups is 1. The summed E-state index contributed by atoms with van der Waals surface area (Å²) in [5, 5.41) is 0. The van der Waals surface area contributed by atoms with Crippen LogP contribution in [0.4, 0.5) is 0 Å². The number of benzene rings is 1. The fourth-order valence-corrected chi connectivity index (χ4v) is 2.13. The van der Waals surface area contributed by atoms with Crippen molar-refractivity contribution < 1.29 is 14.3 Å². The van der Waals surface area contributed by atoms with Gasteiger partial charge in [0.1, 0.15) is 0 Å². The number of allylic oxidation sites excluding steroid dienone is 1. The molecule has 0 saturated carbocycles. The van der Waals surface area contributed by atoms with Crippen molar-refractivity contribution in [2.75, 3.05) is 6.61 Å². The molecule has 0 unspecified atom stereocenters. The van der Waals surface area contributed by atoms with E-state index in [4.69, 9.17) is 9.47 Å². The molecular formula is C19H28O3. The Kier molecular flexibility index (Phi) is 10.0. The van der Waals surface area contributed by atoms with Crippen LogP contribution in [0.25, 0.3) is 0 Å². The summed E-state index contributed by atoms with van der Waals surface area (Å²) in [6.45, 7) is 5.04.